The van der Waals surface area contributed by atoms with Crippen molar-refractivity contribution in [3.8, 4) is 11.5 Å². The van der Waals surface area contributed by atoms with Crippen LogP contribution in [-0.4, -0.2) is 43.6 Å². The van der Waals surface area contributed by atoms with Gasteiger partial charge in [-0.15, -0.1) is 0 Å². The van der Waals surface area contributed by atoms with Gasteiger partial charge in [-0.05, 0) is 50.1 Å². The average Bonchev–Trinajstić information content (AvgIpc) is 3.08. The van der Waals surface area contributed by atoms with E-state index in [1.807, 2.05) is 13.8 Å². The van der Waals surface area contributed by atoms with Gasteiger partial charge < -0.3 is 14.0 Å². The number of rotatable bonds is 5. The van der Waals surface area contributed by atoms with Gasteiger partial charge in [0, 0.05) is 25.4 Å². The van der Waals surface area contributed by atoms with Crippen LogP contribution in [0.3, 0.4) is 0 Å². The van der Waals surface area contributed by atoms with Gasteiger partial charge in [0.15, 0.2) is 0 Å². The number of pyridine rings is 1. The molecule has 3 rings (SSSR count). The van der Waals surface area contributed by atoms with Gasteiger partial charge in [-0.3, -0.25) is 4.79 Å². The Bertz CT molecular complexity index is 1010. The third-order valence-corrected chi connectivity index (χ3v) is 6.75. The highest BCUT2D eigenvalue weighted by atomic mass is 32.2. The molecular formula is C19H24N2O5S. The highest BCUT2D eigenvalue weighted by Gasteiger charge is 2.34. The first kappa shape index (κ1) is 19.4. The maximum atomic E-state index is 12.9. The Kier molecular flexibility index (Phi) is 5.30. The van der Waals surface area contributed by atoms with E-state index in [1.54, 1.807) is 38.4 Å². The second-order valence-electron chi connectivity index (χ2n) is 6.75. The lowest BCUT2D eigenvalue weighted by Crippen LogP contribution is -2.31. The maximum absolute atomic E-state index is 12.9. The third kappa shape index (κ3) is 3.86. The zero-order valence-electron chi connectivity index (χ0n) is 15.9. The van der Waals surface area contributed by atoms with Crippen molar-refractivity contribution in [2.45, 2.75) is 31.3 Å². The second-order valence-corrected chi connectivity index (χ2v) is 8.69. The molecule has 0 spiro atoms. The Labute approximate surface area is 159 Å². The van der Waals surface area contributed by atoms with Crippen LogP contribution in [-0.2, 0) is 17.1 Å². The summed E-state index contributed by atoms with van der Waals surface area (Å²) in [6.45, 7) is 4.27. The minimum atomic E-state index is -3.60. The summed E-state index contributed by atoms with van der Waals surface area (Å²) >= 11 is 0. The van der Waals surface area contributed by atoms with Crippen molar-refractivity contribution in [2.75, 3.05) is 20.2 Å². The topological polar surface area (TPSA) is 77.8 Å². The SMILES string of the molecule is COc1ccc(S(=O)(=O)N2CC[C@H](Oc3cc(C)n(C)c(=O)c3)C2)cc1C. The van der Waals surface area contributed by atoms with Crippen molar-refractivity contribution >= 4 is 10.0 Å². The molecule has 2 aromatic rings. The standard InChI is InChI=1S/C19H24N2O5S/c1-13-9-17(5-6-18(13)25-4)27(23,24)21-8-7-15(12-21)26-16-10-14(2)20(3)19(22)11-16/h5-6,9-11,15H,7-8,12H2,1-4H3/t15-/m0/s1. The second kappa shape index (κ2) is 7.36. The Morgan fingerprint density at radius 2 is 1.89 bits per heavy atom. The van der Waals surface area contributed by atoms with Gasteiger partial charge in [0.1, 0.15) is 17.6 Å². The lowest BCUT2D eigenvalue weighted by molar-refractivity contribution is 0.214. The van der Waals surface area contributed by atoms with Crippen molar-refractivity contribution in [3.63, 3.8) is 0 Å². The Balaban J connectivity index is 1.75. The molecule has 0 bridgehead atoms. The van der Waals surface area contributed by atoms with E-state index >= 15 is 0 Å². The minimum absolute atomic E-state index is 0.152. The molecule has 2 heterocycles. The van der Waals surface area contributed by atoms with Crippen LogP contribution in [0.2, 0.25) is 0 Å². The van der Waals surface area contributed by atoms with E-state index in [4.69, 9.17) is 9.47 Å². The van der Waals surface area contributed by atoms with Gasteiger partial charge in [-0.2, -0.15) is 4.31 Å². The van der Waals surface area contributed by atoms with E-state index in [1.165, 1.54) is 14.9 Å². The summed E-state index contributed by atoms with van der Waals surface area (Å²) in [5.41, 5.74) is 1.40. The molecule has 0 saturated carbocycles. The third-order valence-electron chi connectivity index (χ3n) is 4.89. The monoisotopic (exact) mass is 392 g/mol. The number of hydrogen-bond acceptors (Lipinski definition) is 5. The molecule has 0 aliphatic carbocycles. The lowest BCUT2D eigenvalue weighted by atomic mass is 10.2. The molecule has 1 aliphatic heterocycles. The number of benzene rings is 1. The molecule has 8 heteroatoms. The van der Waals surface area contributed by atoms with Gasteiger partial charge in [0.05, 0.1) is 18.6 Å². The Morgan fingerprint density at radius 3 is 2.52 bits per heavy atom. The van der Waals surface area contributed by atoms with E-state index in [0.717, 1.165) is 11.3 Å². The van der Waals surface area contributed by atoms with Gasteiger partial charge in [0.2, 0.25) is 10.0 Å². The first-order valence-electron chi connectivity index (χ1n) is 8.71. The number of methoxy groups -OCH3 is 1. The minimum Gasteiger partial charge on any atom is -0.496 e. The van der Waals surface area contributed by atoms with Crippen molar-refractivity contribution < 1.29 is 17.9 Å². The van der Waals surface area contributed by atoms with Crippen LogP contribution < -0.4 is 15.0 Å². The number of aromatic nitrogens is 1. The summed E-state index contributed by atoms with van der Waals surface area (Å²) in [5.74, 6) is 1.12. The van der Waals surface area contributed by atoms with Gasteiger partial charge in [-0.25, -0.2) is 8.42 Å². The summed E-state index contributed by atoms with van der Waals surface area (Å²) in [4.78, 5) is 12.1. The molecule has 1 aromatic carbocycles. The van der Waals surface area contributed by atoms with Crippen molar-refractivity contribution in [1.29, 1.82) is 0 Å². The number of hydrogen-bond donors (Lipinski definition) is 0. The van der Waals surface area contributed by atoms with Crippen LogP contribution in [0.25, 0.3) is 0 Å². The predicted octanol–water partition coefficient (Wildman–Crippen LogP) is 1.85. The number of aryl methyl sites for hydroxylation is 2. The van der Waals surface area contributed by atoms with Crippen LogP contribution in [0, 0.1) is 13.8 Å². The summed E-state index contributed by atoms with van der Waals surface area (Å²) < 4.78 is 39.8. The number of ether oxygens (including phenoxy) is 2. The molecule has 1 aromatic heterocycles. The fraction of sp³-hybridized carbons (Fsp3) is 0.421. The fourth-order valence-electron chi connectivity index (χ4n) is 3.17. The molecule has 1 aliphatic rings. The van der Waals surface area contributed by atoms with E-state index in [0.29, 0.717) is 24.5 Å². The average molecular weight is 392 g/mol. The van der Waals surface area contributed by atoms with Gasteiger partial charge in [0.25, 0.3) is 5.56 Å². The molecule has 7 nitrogen and oxygen atoms in total. The van der Waals surface area contributed by atoms with Crippen LogP contribution in [0.4, 0.5) is 0 Å². The summed E-state index contributed by atoms with van der Waals surface area (Å²) in [5, 5.41) is 0. The molecule has 27 heavy (non-hydrogen) atoms. The Morgan fingerprint density at radius 1 is 1.15 bits per heavy atom. The van der Waals surface area contributed by atoms with Crippen LogP contribution in [0.5, 0.6) is 11.5 Å². The first-order chi connectivity index (χ1) is 12.7. The highest BCUT2D eigenvalue weighted by Crippen LogP contribution is 2.27. The lowest BCUT2D eigenvalue weighted by Gasteiger charge is -2.18. The summed E-state index contributed by atoms with van der Waals surface area (Å²) in [6, 6.07) is 8.05. The predicted molar refractivity (Wildman–Crippen MR) is 102 cm³/mol. The van der Waals surface area contributed by atoms with Crippen molar-refractivity contribution in [1.82, 2.24) is 8.87 Å². The molecule has 0 unspecified atom stereocenters. The summed E-state index contributed by atoms with van der Waals surface area (Å²) in [7, 11) is -0.353. The smallest absolute Gasteiger partial charge is 0.254 e. The van der Waals surface area contributed by atoms with Crippen LogP contribution in [0.1, 0.15) is 17.7 Å². The summed E-state index contributed by atoms with van der Waals surface area (Å²) in [6.07, 6.45) is 0.286. The molecule has 0 amide bonds. The van der Waals surface area contributed by atoms with Crippen molar-refractivity contribution in [2.24, 2.45) is 7.05 Å². The largest absolute Gasteiger partial charge is 0.496 e. The van der Waals surface area contributed by atoms with Gasteiger partial charge in [-0.1, -0.05) is 0 Å². The zero-order valence-corrected chi connectivity index (χ0v) is 16.7. The molecule has 1 atom stereocenters. The molecule has 0 N–H and O–H groups in total. The van der Waals surface area contributed by atoms with Crippen molar-refractivity contribution in [3.05, 3.63) is 51.9 Å². The number of nitrogens with zero attached hydrogens (tertiary/aromatic N) is 2. The van der Waals surface area contributed by atoms with Crippen LogP contribution in [0.15, 0.2) is 40.0 Å². The normalized spacial score (nSPS) is 17.9. The molecule has 0 radical (unpaired) electrons. The number of sulfonamides is 1. The maximum Gasteiger partial charge on any atom is 0.254 e. The highest BCUT2D eigenvalue weighted by molar-refractivity contribution is 7.89. The molecule has 146 valence electrons. The van der Waals surface area contributed by atoms with Gasteiger partial charge >= 0.3 is 0 Å². The molecule has 1 fully saturated rings. The van der Waals surface area contributed by atoms with E-state index in [-0.39, 0.29) is 23.1 Å². The quantitative estimate of drug-likeness (QED) is 0.776. The van der Waals surface area contributed by atoms with E-state index < -0.39 is 10.0 Å². The molecular weight excluding hydrogens is 368 g/mol. The Hall–Kier alpha value is -2.32. The van der Waals surface area contributed by atoms with Crippen LogP contribution >= 0.6 is 0 Å². The molecule has 1 saturated heterocycles. The fourth-order valence-corrected chi connectivity index (χ4v) is 4.74. The zero-order chi connectivity index (χ0) is 19.8. The first-order valence-corrected chi connectivity index (χ1v) is 10.2. The van der Waals surface area contributed by atoms with E-state index in [2.05, 4.69) is 0 Å². The van der Waals surface area contributed by atoms with E-state index in [9.17, 15) is 13.2 Å².